The van der Waals surface area contributed by atoms with Gasteiger partial charge in [-0.3, -0.25) is 4.90 Å². The molecule has 9 heteroatoms. The molecule has 26 heavy (non-hydrogen) atoms. The summed E-state index contributed by atoms with van der Waals surface area (Å²) < 4.78 is 12.7. The van der Waals surface area contributed by atoms with Crippen LogP contribution in [0.15, 0.2) is 41.1 Å². The molecule has 3 heterocycles. The second-order valence-electron chi connectivity index (χ2n) is 5.98. The maximum absolute atomic E-state index is 5.47. The van der Waals surface area contributed by atoms with E-state index in [1.165, 1.54) is 0 Å². The van der Waals surface area contributed by atoms with E-state index in [1.54, 1.807) is 11.8 Å². The van der Waals surface area contributed by atoms with Gasteiger partial charge >= 0.3 is 0 Å². The second kappa shape index (κ2) is 7.86. The van der Waals surface area contributed by atoms with Gasteiger partial charge in [0.15, 0.2) is 17.3 Å². The molecule has 0 saturated carbocycles. The number of benzene rings is 1. The third kappa shape index (κ3) is 3.44. The van der Waals surface area contributed by atoms with Crippen molar-refractivity contribution in [1.29, 1.82) is 0 Å². The number of hydrogen-bond donors (Lipinski definition) is 1. The largest absolute Gasteiger partial charge is 0.493 e. The van der Waals surface area contributed by atoms with Gasteiger partial charge in [-0.05, 0) is 19.2 Å². The van der Waals surface area contributed by atoms with Gasteiger partial charge in [-0.2, -0.15) is 10.1 Å². The lowest BCUT2D eigenvalue weighted by atomic mass is 10.2. The van der Waals surface area contributed by atoms with Crippen LogP contribution in [0, 0.1) is 0 Å². The van der Waals surface area contributed by atoms with Gasteiger partial charge in [-0.15, -0.1) is 12.4 Å². The van der Waals surface area contributed by atoms with E-state index in [9.17, 15) is 0 Å². The number of ether oxygens (including phenoxy) is 1. The lowest BCUT2D eigenvalue weighted by Gasteiger charge is -2.30. The van der Waals surface area contributed by atoms with E-state index in [4.69, 9.17) is 9.26 Å². The molecular weight excluding hydrogens is 356 g/mol. The van der Waals surface area contributed by atoms with Gasteiger partial charge in [-0.1, -0.05) is 23.4 Å². The molecule has 0 bridgehead atoms. The van der Waals surface area contributed by atoms with E-state index < -0.39 is 0 Å². The molecule has 138 valence electrons. The maximum atomic E-state index is 5.47. The number of para-hydroxylation sites is 1. The van der Waals surface area contributed by atoms with Crippen LogP contribution in [0.4, 0.5) is 0 Å². The van der Waals surface area contributed by atoms with Gasteiger partial charge in [0, 0.05) is 19.6 Å². The smallest absolute Gasteiger partial charge is 0.282 e. The molecule has 3 aromatic rings. The van der Waals surface area contributed by atoms with Gasteiger partial charge < -0.3 is 14.6 Å². The summed E-state index contributed by atoms with van der Waals surface area (Å²) in [6, 6.07) is 9.91. The van der Waals surface area contributed by atoms with Crippen molar-refractivity contribution in [2.45, 2.75) is 6.04 Å². The van der Waals surface area contributed by atoms with Crippen molar-refractivity contribution in [3.63, 3.8) is 0 Å². The predicted octanol–water partition coefficient (Wildman–Crippen LogP) is 1.93. The number of halogens is 1. The van der Waals surface area contributed by atoms with E-state index >= 15 is 0 Å². The number of nitrogens with zero attached hydrogens (tertiary/aromatic N) is 5. The molecule has 4 rings (SSSR count). The summed E-state index contributed by atoms with van der Waals surface area (Å²) >= 11 is 0. The molecule has 1 fully saturated rings. The summed E-state index contributed by atoms with van der Waals surface area (Å²) in [5, 5.41) is 12.1. The Hall–Kier alpha value is -2.42. The Balaban J connectivity index is 0.00000196. The number of nitrogens with one attached hydrogen (secondary N) is 1. The number of rotatable bonds is 4. The fourth-order valence-corrected chi connectivity index (χ4v) is 2.93. The number of hydrogen-bond acceptors (Lipinski definition) is 7. The van der Waals surface area contributed by atoms with Crippen molar-refractivity contribution >= 4 is 12.4 Å². The van der Waals surface area contributed by atoms with Crippen LogP contribution in [-0.4, -0.2) is 58.6 Å². The molecular formula is C17H21ClN6O2. The molecule has 1 atom stereocenters. The van der Waals surface area contributed by atoms with Crippen molar-refractivity contribution in [2.75, 3.05) is 33.8 Å². The highest BCUT2D eigenvalue weighted by Crippen LogP contribution is 2.29. The second-order valence-corrected chi connectivity index (χ2v) is 5.98. The highest BCUT2D eigenvalue weighted by molar-refractivity contribution is 5.85. The Morgan fingerprint density at radius 3 is 2.81 bits per heavy atom. The quantitative estimate of drug-likeness (QED) is 0.745. The zero-order valence-electron chi connectivity index (χ0n) is 14.6. The molecule has 1 aliphatic heterocycles. The lowest BCUT2D eigenvalue weighted by Crippen LogP contribution is -2.44. The first-order valence-electron chi connectivity index (χ1n) is 8.20. The number of aromatic nitrogens is 4. The monoisotopic (exact) mass is 376 g/mol. The minimum atomic E-state index is 0. The van der Waals surface area contributed by atoms with Gasteiger partial charge in [0.25, 0.3) is 5.89 Å². The van der Waals surface area contributed by atoms with Crippen molar-refractivity contribution in [2.24, 2.45) is 0 Å². The Morgan fingerprint density at radius 2 is 2.08 bits per heavy atom. The Morgan fingerprint density at radius 1 is 1.27 bits per heavy atom. The van der Waals surface area contributed by atoms with Gasteiger partial charge in [-0.25, -0.2) is 4.68 Å². The van der Waals surface area contributed by atoms with Gasteiger partial charge in [0.2, 0.25) is 0 Å². The molecule has 1 N–H and O–H groups in total. The van der Waals surface area contributed by atoms with E-state index in [0.717, 1.165) is 25.3 Å². The first kappa shape index (κ1) is 18.4. The molecule has 0 spiro atoms. The summed E-state index contributed by atoms with van der Waals surface area (Å²) in [5.41, 5.74) is 1.47. The van der Waals surface area contributed by atoms with Gasteiger partial charge in [0.1, 0.15) is 0 Å². The van der Waals surface area contributed by atoms with E-state index in [1.807, 2.05) is 36.5 Å². The molecule has 0 radical (unpaired) electrons. The number of methoxy groups -OCH3 is 1. The summed E-state index contributed by atoms with van der Waals surface area (Å²) in [6.45, 7) is 2.71. The Kier molecular flexibility index (Phi) is 5.55. The number of likely N-dealkylation sites (N-methyl/N-ethyl adjacent to an activating group) is 1. The van der Waals surface area contributed by atoms with Crippen LogP contribution in [0.1, 0.15) is 11.9 Å². The predicted molar refractivity (Wildman–Crippen MR) is 98.9 cm³/mol. The summed E-state index contributed by atoms with van der Waals surface area (Å²) in [6.07, 6.45) is 1.81. The summed E-state index contributed by atoms with van der Waals surface area (Å²) in [4.78, 5) is 6.77. The zero-order chi connectivity index (χ0) is 17.2. The third-order valence-electron chi connectivity index (χ3n) is 4.37. The SMILES string of the molecule is COc1cn(-c2ccccc2)nc1-c1nc(C2CNCCN2C)no1.Cl. The fourth-order valence-electron chi connectivity index (χ4n) is 2.93. The van der Waals surface area contributed by atoms with E-state index in [-0.39, 0.29) is 18.4 Å². The van der Waals surface area contributed by atoms with Crippen molar-refractivity contribution in [3.8, 4) is 23.0 Å². The summed E-state index contributed by atoms with van der Waals surface area (Å²) in [5.74, 6) is 1.61. The Labute approximate surface area is 157 Å². The van der Waals surface area contributed by atoms with Crippen molar-refractivity contribution < 1.29 is 9.26 Å². The molecule has 0 aliphatic carbocycles. The van der Waals surface area contributed by atoms with Crippen LogP contribution in [0.3, 0.4) is 0 Å². The zero-order valence-corrected chi connectivity index (χ0v) is 15.4. The van der Waals surface area contributed by atoms with Crippen LogP contribution in [0.5, 0.6) is 5.75 Å². The van der Waals surface area contributed by atoms with Crippen molar-refractivity contribution in [1.82, 2.24) is 30.1 Å². The highest BCUT2D eigenvalue weighted by Gasteiger charge is 2.27. The molecule has 0 amide bonds. The van der Waals surface area contributed by atoms with E-state index in [0.29, 0.717) is 23.2 Å². The average molecular weight is 377 g/mol. The first-order valence-corrected chi connectivity index (χ1v) is 8.20. The molecule has 8 nitrogen and oxygen atoms in total. The lowest BCUT2D eigenvalue weighted by molar-refractivity contribution is 0.190. The normalized spacial score (nSPS) is 17.7. The van der Waals surface area contributed by atoms with Crippen LogP contribution in [-0.2, 0) is 0 Å². The maximum Gasteiger partial charge on any atom is 0.282 e. The molecule has 2 aromatic heterocycles. The average Bonchev–Trinajstić information content (AvgIpc) is 3.29. The molecule has 1 unspecified atom stereocenters. The highest BCUT2D eigenvalue weighted by atomic mass is 35.5. The standard InChI is InChI=1S/C17H20N6O2.ClH/c1-22-9-8-18-10-13(22)16-19-17(25-21-16)15-14(24-2)11-23(20-15)12-6-4-3-5-7-12;/h3-7,11,13,18H,8-10H2,1-2H3;1H. The molecule has 1 aliphatic rings. The van der Waals surface area contributed by atoms with E-state index in [2.05, 4.69) is 32.5 Å². The minimum absolute atomic E-state index is 0. The molecule has 1 saturated heterocycles. The topological polar surface area (TPSA) is 81.2 Å². The number of piperazine rings is 1. The fraction of sp³-hybridized carbons (Fsp3) is 0.353. The molecule has 1 aromatic carbocycles. The first-order chi connectivity index (χ1) is 12.3. The van der Waals surface area contributed by atoms with Gasteiger partial charge in [0.05, 0.1) is 25.0 Å². The van der Waals surface area contributed by atoms with Crippen molar-refractivity contribution in [3.05, 3.63) is 42.4 Å². The summed E-state index contributed by atoms with van der Waals surface area (Å²) in [7, 11) is 3.66. The Bertz CT molecular complexity index is 850. The minimum Gasteiger partial charge on any atom is -0.493 e. The van der Waals surface area contributed by atoms with Crippen LogP contribution >= 0.6 is 12.4 Å². The van der Waals surface area contributed by atoms with Crippen LogP contribution in [0.2, 0.25) is 0 Å². The van der Waals surface area contributed by atoms with Crippen LogP contribution < -0.4 is 10.1 Å². The third-order valence-corrected chi connectivity index (χ3v) is 4.37. The van der Waals surface area contributed by atoms with Crippen LogP contribution in [0.25, 0.3) is 17.3 Å².